The standard InChI is InChI=1S/C20H24N4.2C7H8O3S/c1-2-3-11-23-12-17-14-24(15-18(17)13-23)20-10-9-19(21-22-20)16-7-5-4-6-8-16;2*1-6-2-4-7(5-3-6)11(8,9)10/h2-10,17-18H,11-15H2,1H3;2*2-5H,1H3,(H,8,9,10). The summed E-state index contributed by atoms with van der Waals surface area (Å²) in [5.41, 5.74) is 3.97. The third kappa shape index (κ3) is 10.0. The Bertz CT molecular complexity index is 1710. The van der Waals surface area contributed by atoms with Gasteiger partial charge in [-0.25, -0.2) is 0 Å². The molecule has 46 heavy (non-hydrogen) atoms. The maximum Gasteiger partial charge on any atom is 0.294 e. The lowest BCUT2D eigenvalue weighted by Gasteiger charge is -2.21. The molecule has 2 aliphatic rings. The minimum Gasteiger partial charge on any atom is -0.354 e. The summed E-state index contributed by atoms with van der Waals surface area (Å²) in [4.78, 5) is 4.84. The van der Waals surface area contributed by atoms with E-state index in [1.54, 1.807) is 24.3 Å². The fourth-order valence-corrected chi connectivity index (χ4v) is 6.32. The first kappa shape index (κ1) is 34.9. The van der Waals surface area contributed by atoms with Gasteiger partial charge in [-0.3, -0.25) is 14.0 Å². The fourth-order valence-electron chi connectivity index (χ4n) is 5.36. The minimum atomic E-state index is -4.02. The highest BCUT2D eigenvalue weighted by atomic mass is 32.2. The normalized spacial score (nSPS) is 18.0. The van der Waals surface area contributed by atoms with Crippen LogP contribution in [-0.2, 0) is 20.2 Å². The molecule has 3 heterocycles. The van der Waals surface area contributed by atoms with Crippen LogP contribution in [0.25, 0.3) is 11.3 Å². The third-order valence-electron chi connectivity index (χ3n) is 7.84. The number of fused-ring (bicyclic) bond motifs is 1. The summed E-state index contributed by atoms with van der Waals surface area (Å²) >= 11 is 0. The molecule has 1 aromatic heterocycles. The molecule has 0 spiro atoms. The first-order valence-corrected chi connectivity index (χ1v) is 17.8. The molecule has 2 atom stereocenters. The highest BCUT2D eigenvalue weighted by Gasteiger charge is 2.40. The topological polar surface area (TPSA) is 141 Å². The quantitative estimate of drug-likeness (QED) is 0.199. The average molecular weight is 665 g/mol. The van der Waals surface area contributed by atoms with Gasteiger partial charge in [0.1, 0.15) is 0 Å². The van der Waals surface area contributed by atoms with Crippen molar-refractivity contribution in [2.45, 2.75) is 30.6 Å². The molecule has 6 rings (SSSR count). The van der Waals surface area contributed by atoms with Crippen molar-refractivity contribution in [1.82, 2.24) is 15.1 Å². The first-order chi connectivity index (χ1) is 21.8. The summed E-state index contributed by atoms with van der Waals surface area (Å²) in [5, 5.41) is 8.92. The summed E-state index contributed by atoms with van der Waals surface area (Å²) in [6, 6.07) is 26.4. The molecule has 2 fully saturated rings. The number of nitrogens with zero attached hydrogens (tertiary/aromatic N) is 4. The van der Waals surface area contributed by atoms with Crippen molar-refractivity contribution in [3.8, 4) is 11.3 Å². The number of rotatable bonds is 6. The van der Waals surface area contributed by atoms with E-state index >= 15 is 0 Å². The second-order valence-electron chi connectivity index (χ2n) is 11.4. The van der Waals surface area contributed by atoms with Crippen LogP contribution in [0.1, 0.15) is 18.1 Å². The van der Waals surface area contributed by atoms with E-state index in [1.807, 2.05) is 32.0 Å². The van der Waals surface area contributed by atoms with E-state index in [-0.39, 0.29) is 9.79 Å². The maximum absolute atomic E-state index is 10.5. The second kappa shape index (κ2) is 15.6. The van der Waals surface area contributed by atoms with E-state index in [0.717, 1.165) is 59.7 Å². The van der Waals surface area contributed by atoms with Gasteiger partial charge in [0.15, 0.2) is 5.82 Å². The summed E-state index contributed by atoms with van der Waals surface area (Å²) < 4.78 is 59.1. The van der Waals surface area contributed by atoms with Crippen molar-refractivity contribution in [3.63, 3.8) is 0 Å². The summed E-state index contributed by atoms with van der Waals surface area (Å²) in [7, 11) is -8.04. The highest BCUT2D eigenvalue weighted by Crippen LogP contribution is 2.33. The van der Waals surface area contributed by atoms with Crippen LogP contribution in [0.2, 0.25) is 0 Å². The molecule has 0 bridgehead atoms. The highest BCUT2D eigenvalue weighted by molar-refractivity contribution is 7.86. The predicted molar refractivity (Wildman–Crippen MR) is 180 cm³/mol. The molecule has 12 heteroatoms. The zero-order valence-corrected chi connectivity index (χ0v) is 27.8. The number of benzene rings is 3. The number of likely N-dealkylation sites (tertiary alicyclic amines) is 1. The molecule has 2 unspecified atom stereocenters. The van der Waals surface area contributed by atoms with Crippen LogP contribution in [-0.4, -0.2) is 73.8 Å². The van der Waals surface area contributed by atoms with Gasteiger partial charge in [0, 0.05) is 38.3 Å². The number of anilines is 1. The molecule has 0 saturated carbocycles. The van der Waals surface area contributed by atoms with E-state index in [4.69, 9.17) is 9.11 Å². The lowest BCUT2D eigenvalue weighted by molar-refractivity contribution is 0.350. The van der Waals surface area contributed by atoms with Crippen molar-refractivity contribution in [1.29, 1.82) is 0 Å². The Kier molecular flexibility index (Phi) is 11.8. The van der Waals surface area contributed by atoms with Crippen LogP contribution in [0.5, 0.6) is 0 Å². The van der Waals surface area contributed by atoms with Gasteiger partial charge < -0.3 is 4.90 Å². The molecule has 2 aliphatic heterocycles. The molecule has 2 N–H and O–H groups in total. The molecule has 0 radical (unpaired) electrons. The van der Waals surface area contributed by atoms with E-state index in [1.165, 1.54) is 37.4 Å². The van der Waals surface area contributed by atoms with Crippen LogP contribution < -0.4 is 4.90 Å². The van der Waals surface area contributed by atoms with Crippen LogP contribution in [0.3, 0.4) is 0 Å². The first-order valence-electron chi connectivity index (χ1n) is 14.9. The van der Waals surface area contributed by atoms with E-state index in [9.17, 15) is 16.8 Å². The summed E-state index contributed by atoms with van der Waals surface area (Å²) in [5.74, 6) is 2.56. The van der Waals surface area contributed by atoms with Gasteiger partial charge in [0.25, 0.3) is 20.2 Å². The Morgan fingerprint density at radius 2 is 1.20 bits per heavy atom. The van der Waals surface area contributed by atoms with Gasteiger partial charge in [-0.05, 0) is 69.0 Å². The third-order valence-corrected chi connectivity index (χ3v) is 9.58. The van der Waals surface area contributed by atoms with Crippen LogP contribution in [0.4, 0.5) is 5.82 Å². The summed E-state index contributed by atoms with van der Waals surface area (Å²) in [6.07, 6.45) is 4.40. The van der Waals surface area contributed by atoms with Crippen molar-refractivity contribution < 1.29 is 25.9 Å². The lowest BCUT2D eigenvalue weighted by atomic mass is 10.0. The average Bonchev–Trinajstić information content (AvgIpc) is 3.60. The van der Waals surface area contributed by atoms with Crippen LogP contribution in [0, 0.1) is 25.7 Å². The Balaban J connectivity index is 0.000000182. The van der Waals surface area contributed by atoms with Gasteiger partial charge in [0.05, 0.1) is 15.5 Å². The molecular formula is C34H40N4O6S2. The van der Waals surface area contributed by atoms with Gasteiger partial charge >= 0.3 is 0 Å². The monoisotopic (exact) mass is 664 g/mol. The van der Waals surface area contributed by atoms with E-state index in [2.05, 4.69) is 63.3 Å². The Hall–Kier alpha value is -3.94. The van der Waals surface area contributed by atoms with Crippen molar-refractivity contribution in [2.75, 3.05) is 37.6 Å². The molecular weight excluding hydrogens is 625 g/mol. The molecule has 10 nitrogen and oxygen atoms in total. The Morgan fingerprint density at radius 1 is 0.696 bits per heavy atom. The molecule has 2 saturated heterocycles. The largest absolute Gasteiger partial charge is 0.354 e. The number of hydrogen-bond donors (Lipinski definition) is 2. The second-order valence-corrected chi connectivity index (χ2v) is 14.3. The van der Waals surface area contributed by atoms with Gasteiger partial charge in [0.2, 0.25) is 0 Å². The maximum atomic E-state index is 10.5. The number of aryl methyl sites for hydroxylation is 2. The molecule has 0 amide bonds. The number of aromatic nitrogens is 2. The van der Waals surface area contributed by atoms with Crippen LogP contribution in [0.15, 0.2) is 113 Å². The smallest absolute Gasteiger partial charge is 0.294 e. The number of hydrogen-bond acceptors (Lipinski definition) is 8. The molecule has 0 aliphatic carbocycles. The zero-order chi connectivity index (χ0) is 33.3. The molecule has 4 aromatic rings. The van der Waals surface area contributed by atoms with E-state index in [0.29, 0.717) is 0 Å². The molecule has 244 valence electrons. The fraction of sp³-hybridized carbons (Fsp3) is 0.294. The predicted octanol–water partition coefficient (Wildman–Crippen LogP) is 5.57. The van der Waals surface area contributed by atoms with Gasteiger partial charge in [-0.2, -0.15) is 16.8 Å². The van der Waals surface area contributed by atoms with Crippen molar-refractivity contribution in [2.24, 2.45) is 11.8 Å². The van der Waals surface area contributed by atoms with Crippen molar-refractivity contribution in [3.05, 3.63) is 114 Å². The Labute approximate surface area is 271 Å². The van der Waals surface area contributed by atoms with Crippen LogP contribution >= 0.6 is 0 Å². The van der Waals surface area contributed by atoms with Gasteiger partial charge in [-0.1, -0.05) is 77.9 Å². The van der Waals surface area contributed by atoms with Crippen molar-refractivity contribution >= 4 is 26.1 Å². The SMILES string of the molecule is CC=CCN1CC2CN(c3ccc(-c4ccccc4)nn3)CC2C1.Cc1ccc(S(=O)(=O)O)cc1.Cc1ccc(S(=O)(=O)O)cc1. The zero-order valence-electron chi connectivity index (χ0n) is 26.1. The lowest BCUT2D eigenvalue weighted by Crippen LogP contribution is -2.29. The number of allylic oxidation sites excluding steroid dienone is 1. The van der Waals surface area contributed by atoms with E-state index < -0.39 is 20.2 Å². The summed E-state index contributed by atoms with van der Waals surface area (Å²) in [6.45, 7) is 11.5. The minimum absolute atomic E-state index is 0.0666. The van der Waals surface area contributed by atoms with Gasteiger partial charge in [-0.15, -0.1) is 10.2 Å². The Morgan fingerprint density at radius 3 is 1.61 bits per heavy atom. The molecule has 3 aromatic carbocycles.